The van der Waals surface area contributed by atoms with E-state index in [1.807, 2.05) is 0 Å². The smallest absolute Gasteiger partial charge is 0.128 e. The Morgan fingerprint density at radius 2 is 2.00 bits per heavy atom. The summed E-state index contributed by atoms with van der Waals surface area (Å²) in [5.41, 5.74) is 2.62. The summed E-state index contributed by atoms with van der Waals surface area (Å²) in [6.45, 7) is 0. The minimum absolute atomic E-state index is 0.158. The first-order chi connectivity index (χ1) is 8.11. The number of hydrogen-bond acceptors (Lipinski definition) is 3. The Hall–Kier alpha value is -1.01. The number of thiophene rings is 1. The highest BCUT2D eigenvalue weighted by atomic mass is 35.5. The van der Waals surface area contributed by atoms with E-state index in [0.717, 1.165) is 23.1 Å². The number of halogens is 3. The maximum Gasteiger partial charge on any atom is 0.128 e. The minimum atomic E-state index is -0.608. The highest BCUT2D eigenvalue weighted by Gasteiger charge is 2.19. The van der Waals surface area contributed by atoms with Gasteiger partial charge >= 0.3 is 0 Å². The van der Waals surface area contributed by atoms with Gasteiger partial charge in [0.15, 0.2) is 0 Å². The molecule has 0 saturated heterocycles. The van der Waals surface area contributed by atoms with Crippen LogP contribution in [0.15, 0.2) is 30.3 Å². The standard InChI is InChI=1S/C11H9ClF2N2S/c12-10-4-3-9(17-10)11(16-15)7-5-6(13)1-2-8(7)14/h1-5,11,16H,15H2. The molecule has 3 N–H and O–H groups in total. The van der Waals surface area contributed by atoms with Crippen LogP contribution in [0.1, 0.15) is 16.5 Å². The second-order valence-electron chi connectivity index (χ2n) is 3.41. The molecule has 1 atom stereocenters. The van der Waals surface area contributed by atoms with Crippen LogP contribution in [0.3, 0.4) is 0 Å². The summed E-state index contributed by atoms with van der Waals surface area (Å²) in [5.74, 6) is 4.36. The molecule has 0 saturated carbocycles. The van der Waals surface area contributed by atoms with E-state index in [-0.39, 0.29) is 5.56 Å². The molecule has 1 aromatic heterocycles. The van der Waals surface area contributed by atoms with Crippen molar-refractivity contribution in [3.8, 4) is 0 Å². The largest absolute Gasteiger partial charge is 0.271 e. The summed E-state index contributed by atoms with van der Waals surface area (Å²) in [6, 6.07) is 6.06. The van der Waals surface area contributed by atoms with Crippen LogP contribution in [-0.4, -0.2) is 0 Å². The van der Waals surface area contributed by atoms with E-state index in [4.69, 9.17) is 17.4 Å². The predicted molar refractivity (Wildman–Crippen MR) is 64.9 cm³/mol. The number of hydrazine groups is 1. The lowest BCUT2D eigenvalue weighted by atomic mass is 10.1. The van der Waals surface area contributed by atoms with Gasteiger partial charge in [-0.1, -0.05) is 11.6 Å². The van der Waals surface area contributed by atoms with E-state index in [1.54, 1.807) is 12.1 Å². The third-order valence-electron chi connectivity index (χ3n) is 2.31. The Morgan fingerprint density at radius 1 is 1.24 bits per heavy atom. The average Bonchev–Trinajstić information content (AvgIpc) is 2.71. The molecule has 1 unspecified atom stereocenters. The SMILES string of the molecule is NNC(c1ccc(Cl)s1)c1cc(F)ccc1F. The molecule has 1 heterocycles. The van der Waals surface area contributed by atoms with Crippen molar-refractivity contribution in [2.75, 3.05) is 0 Å². The molecule has 17 heavy (non-hydrogen) atoms. The zero-order valence-electron chi connectivity index (χ0n) is 8.58. The van der Waals surface area contributed by atoms with E-state index in [0.29, 0.717) is 4.34 Å². The Bertz CT molecular complexity index is 530. The van der Waals surface area contributed by atoms with E-state index in [9.17, 15) is 8.78 Å². The number of nitrogens with one attached hydrogen (secondary N) is 1. The maximum atomic E-state index is 13.6. The zero-order chi connectivity index (χ0) is 12.4. The van der Waals surface area contributed by atoms with Crippen LogP contribution in [0.4, 0.5) is 8.78 Å². The normalized spacial score (nSPS) is 12.7. The van der Waals surface area contributed by atoms with Crippen molar-refractivity contribution in [1.82, 2.24) is 5.43 Å². The Balaban J connectivity index is 2.45. The third kappa shape index (κ3) is 2.63. The molecule has 2 rings (SSSR count). The zero-order valence-corrected chi connectivity index (χ0v) is 10.2. The van der Waals surface area contributed by atoms with Gasteiger partial charge in [0, 0.05) is 10.4 Å². The molecule has 0 aliphatic heterocycles. The molecule has 0 amide bonds. The van der Waals surface area contributed by atoms with E-state index < -0.39 is 17.7 Å². The van der Waals surface area contributed by atoms with Crippen molar-refractivity contribution in [2.45, 2.75) is 6.04 Å². The number of rotatable bonds is 3. The summed E-state index contributed by atoms with van der Waals surface area (Å²) in [6.07, 6.45) is 0. The quantitative estimate of drug-likeness (QED) is 0.666. The fraction of sp³-hybridized carbons (Fsp3) is 0.0909. The van der Waals surface area contributed by atoms with E-state index >= 15 is 0 Å². The second-order valence-corrected chi connectivity index (χ2v) is 5.15. The highest BCUT2D eigenvalue weighted by molar-refractivity contribution is 7.16. The van der Waals surface area contributed by atoms with Gasteiger partial charge in [-0.15, -0.1) is 11.3 Å². The van der Waals surface area contributed by atoms with Gasteiger partial charge in [0.25, 0.3) is 0 Å². The highest BCUT2D eigenvalue weighted by Crippen LogP contribution is 2.31. The van der Waals surface area contributed by atoms with Gasteiger partial charge in [0.2, 0.25) is 0 Å². The lowest BCUT2D eigenvalue weighted by Crippen LogP contribution is -2.29. The van der Waals surface area contributed by atoms with Gasteiger partial charge in [-0.05, 0) is 30.3 Å². The van der Waals surface area contributed by atoms with Crippen molar-refractivity contribution in [3.05, 3.63) is 56.7 Å². The van der Waals surface area contributed by atoms with Crippen molar-refractivity contribution >= 4 is 22.9 Å². The van der Waals surface area contributed by atoms with Crippen LogP contribution >= 0.6 is 22.9 Å². The van der Waals surface area contributed by atoms with Gasteiger partial charge < -0.3 is 0 Å². The lowest BCUT2D eigenvalue weighted by Gasteiger charge is -2.15. The molecular formula is C11H9ClF2N2S. The number of nitrogens with two attached hydrogens (primary N) is 1. The van der Waals surface area contributed by atoms with Gasteiger partial charge in [-0.3, -0.25) is 5.84 Å². The number of hydrogen-bond donors (Lipinski definition) is 2. The van der Waals surface area contributed by atoms with Crippen LogP contribution in [0.25, 0.3) is 0 Å². The molecule has 90 valence electrons. The minimum Gasteiger partial charge on any atom is -0.271 e. The van der Waals surface area contributed by atoms with Gasteiger partial charge in [-0.25, -0.2) is 14.2 Å². The summed E-state index contributed by atoms with van der Waals surface area (Å²) in [7, 11) is 0. The Morgan fingerprint density at radius 3 is 2.59 bits per heavy atom. The van der Waals surface area contributed by atoms with Crippen molar-refractivity contribution in [3.63, 3.8) is 0 Å². The number of benzene rings is 1. The predicted octanol–water partition coefficient (Wildman–Crippen LogP) is 3.23. The topological polar surface area (TPSA) is 38.0 Å². The van der Waals surface area contributed by atoms with Crippen LogP contribution < -0.4 is 11.3 Å². The van der Waals surface area contributed by atoms with Gasteiger partial charge in [0.1, 0.15) is 11.6 Å². The first-order valence-electron chi connectivity index (χ1n) is 4.78. The lowest BCUT2D eigenvalue weighted by molar-refractivity contribution is 0.549. The van der Waals surface area contributed by atoms with Gasteiger partial charge in [0.05, 0.1) is 10.4 Å². The van der Waals surface area contributed by atoms with E-state index in [1.165, 1.54) is 11.3 Å². The van der Waals surface area contributed by atoms with Crippen molar-refractivity contribution < 1.29 is 8.78 Å². The van der Waals surface area contributed by atoms with Crippen molar-refractivity contribution in [2.24, 2.45) is 5.84 Å². The van der Waals surface area contributed by atoms with Gasteiger partial charge in [-0.2, -0.15) is 0 Å². The molecule has 0 spiro atoms. The first kappa shape index (κ1) is 12.4. The van der Waals surface area contributed by atoms with Crippen LogP contribution in [0.5, 0.6) is 0 Å². The summed E-state index contributed by atoms with van der Waals surface area (Å²) in [4.78, 5) is 0.724. The second kappa shape index (κ2) is 5.10. The third-order valence-corrected chi connectivity index (χ3v) is 3.61. The van der Waals surface area contributed by atoms with Crippen molar-refractivity contribution in [1.29, 1.82) is 0 Å². The Labute approximate surface area is 106 Å². The van der Waals surface area contributed by atoms with Crippen LogP contribution in [0.2, 0.25) is 4.34 Å². The molecule has 0 fully saturated rings. The fourth-order valence-electron chi connectivity index (χ4n) is 1.54. The molecule has 0 aliphatic carbocycles. The van der Waals surface area contributed by atoms with E-state index in [2.05, 4.69) is 5.43 Å². The molecular weight excluding hydrogens is 266 g/mol. The molecule has 1 aromatic carbocycles. The first-order valence-corrected chi connectivity index (χ1v) is 5.97. The Kier molecular flexibility index (Phi) is 3.73. The molecule has 0 aliphatic rings. The maximum absolute atomic E-state index is 13.6. The molecule has 0 bridgehead atoms. The molecule has 6 heteroatoms. The monoisotopic (exact) mass is 274 g/mol. The molecule has 2 nitrogen and oxygen atoms in total. The van der Waals surface area contributed by atoms with Crippen LogP contribution in [0, 0.1) is 11.6 Å². The average molecular weight is 275 g/mol. The van der Waals surface area contributed by atoms with Crippen LogP contribution in [-0.2, 0) is 0 Å². The molecule has 0 radical (unpaired) electrons. The molecule has 2 aromatic rings. The fourth-order valence-corrected chi connectivity index (χ4v) is 2.68. The summed E-state index contributed by atoms with van der Waals surface area (Å²) < 4.78 is 27.3. The summed E-state index contributed by atoms with van der Waals surface area (Å²) >= 11 is 7.07. The summed E-state index contributed by atoms with van der Waals surface area (Å²) in [5, 5.41) is 0.